The fraction of sp³-hybridized carbons (Fsp3) is 0.779. The molecule has 0 aliphatic carbocycles. The Kier molecular flexibility index (Phi) is 59.7. The molecule has 0 fully saturated rings. The van der Waals surface area contributed by atoms with E-state index in [9.17, 15) is 14.4 Å². The van der Waals surface area contributed by atoms with Crippen molar-refractivity contribution in [1.29, 1.82) is 0 Å². The number of esters is 3. The average Bonchev–Trinajstić information content (AvgIpc) is 3.40. The van der Waals surface area contributed by atoms with Crippen LogP contribution in [0.15, 0.2) is 72.9 Å². The molecule has 74 heavy (non-hydrogen) atoms. The number of allylic oxidation sites excluding steroid dienone is 12. The van der Waals surface area contributed by atoms with Gasteiger partial charge in [-0.2, -0.15) is 0 Å². The van der Waals surface area contributed by atoms with Crippen LogP contribution in [-0.4, -0.2) is 37.2 Å². The second kappa shape index (κ2) is 62.4. The van der Waals surface area contributed by atoms with E-state index >= 15 is 0 Å². The third-order valence-electron chi connectivity index (χ3n) is 14.0. The maximum Gasteiger partial charge on any atom is 0.306 e. The molecule has 0 radical (unpaired) electrons. The Balaban J connectivity index is 4.41. The van der Waals surface area contributed by atoms with E-state index in [1.165, 1.54) is 199 Å². The molecule has 0 aliphatic rings. The molecule has 0 aromatic carbocycles. The van der Waals surface area contributed by atoms with E-state index in [-0.39, 0.29) is 31.1 Å². The Bertz CT molecular complexity index is 1370. The highest BCUT2D eigenvalue weighted by Crippen LogP contribution is 2.17. The zero-order chi connectivity index (χ0) is 53.6. The van der Waals surface area contributed by atoms with Crippen LogP contribution >= 0.6 is 0 Å². The minimum atomic E-state index is -0.788. The lowest BCUT2D eigenvalue weighted by Crippen LogP contribution is -2.30. The molecule has 0 amide bonds. The predicted octanol–water partition coefficient (Wildman–Crippen LogP) is 21.7. The zero-order valence-corrected chi connectivity index (χ0v) is 49.1. The minimum absolute atomic E-state index is 0.0834. The highest BCUT2D eigenvalue weighted by molar-refractivity contribution is 5.71. The number of hydrogen-bond donors (Lipinski definition) is 0. The van der Waals surface area contributed by atoms with E-state index in [0.717, 1.165) is 83.5 Å². The third-order valence-corrected chi connectivity index (χ3v) is 14.0. The van der Waals surface area contributed by atoms with Crippen molar-refractivity contribution in [3.63, 3.8) is 0 Å². The summed E-state index contributed by atoms with van der Waals surface area (Å²) in [5, 5.41) is 0. The lowest BCUT2D eigenvalue weighted by atomic mass is 10.0. The monoisotopic (exact) mass is 1030 g/mol. The molecule has 1 unspecified atom stereocenters. The molecule has 6 nitrogen and oxygen atoms in total. The van der Waals surface area contributed by atoms with Gasteiger partial charge in [0.05, 0.1) is 0 Å². The summed E-state index contributed by atoms with van der Waals surface area (Å²) in [6.45, 7) is 6.57. The van der Waals surface area contributed by atoms with Gasteiger partial charge in [-0.05, 0) is 64.2 Å². The van der Waals surface area contributed by atoms with Gasteiger partial charge in [0.1, 0.15) is 13.2 Å². The number of rotatable bonds is 58. The quantitative estimate of drug-likeness (QED) is 0.0199. The van der Waals surface area contributed by atoms with Crippen molar-refractivity contribution in [1.82, 2.24) is 0 Å². The second-order valence-electron chi connectivity index (χ2n) is 21.4. The van der Waals surface area contributed by atoms with Crippen molar-refractivity contribution < 1.29 is 28.6 Å². The smallest absolute Gasteiger partial charge is 0.306 e. The normalized spacial score (nSPS) is 12.5. The first-order valence-corrected chi connectivity index (χ1v) is 32.0. The summed E-state index contributed by atoms with van der Waals surface area (Å²) in [6, 6.07) is 0. The van der Waals surface area contributed by atoms with E-state index in [4.69, 9.17) is 14.2 Å². The van der Waals surface area contributed by atoms with Gasteiger partial charge >= 0.3 is 17.9 Å². The van der Waals surface area contributed by atoms with Crippen molar-refractivity contribution in [3.8, 4) is 0 Å². The molecule has 0 N–H and O–H groups in total. The van der Waals surface area contributed by atoms with Gasteiger partial charge in [-0.3, -0.25) is 14.4 Å². The van der Waals surface area contributed by atoms with Crippen molar-refractivity contribution in [2.24, 2.45) is 0 Å². The number of carbonyl (C=O) groups is 3. The van der Waals surface area contributed by atoms with Gasteiger partial charge in [0.2, 0.25) is 0 Å². The summed E-state index contributed by atoms with van der Waals surface area (Å²) in [7, 11) is 0. The average molecular weight is 1030 g/mol. The number of ether oxygens (including phenoxy) is 3. The summed E-state index contributed by atoms with van der Waals surface area (Å²) in [4.78, 5) is 38.3. The first kappa shape index (κ1) is 70.8. The van der Waals surface area contributed by atoms with E-state index in [1.54, 1.807) is 0 Å². The molecule has 0 spiro atoms. The Morgan fingerprint density at radius 1 is 0.270 bits per heavy atom. The Morgan fingerprint density at radius 2 is 0.527 bits per heavy atom. The molecule has 0 heterocycles. The van der Waals surface area contributed by atoms with E-state index < -0.39 is 6.10 Å². The van der Waals surface area contributed by atoms with Crippen LogP contribution in [0.25, 0.3) is 0 Å². The van der Waals surface area contributed by atoms with Crippen molar-refractivity contribution in [2.75, 3.05) is 13.2 Å². The third kappa shape index (κ3) is 59.7. The molecule has 0 bridgehead atoms. The van der Waals surface area contributed by atoms with Crippen LogP contribution in [0.1, 0.15) is 323 Å². The van der Waals surface area contributed by atoms with Crippen LogP contribution in [0.2, 0.25) is 0 Å². The molecule has 428 valence electrons. The molecule has 0 aromatic heterocycles. The van der Waals surface area contributed by atoms with E-state index in [0.29, 0.717) is 19.3 Å². The van der Waals surface area contributed by atoms with Gasteiger partial charge in [-0.25, -0.2) is 0 Å². The molecular formula is C68H120O6. The maximum absolute atomic E-state index is 12.9. The molecule has 0 rings (SSSR count). The summed E-state index contributed by atoms with van der Waals surface area (Å²) in [5.41, 5.74) is 0. The molecular weight excluding hydrogens is 913 g/mol. The molecule has 0 saturated carbocycles. The minimum Gasteiger partial charge on any atom is -0.462 e. The zero-order valence-electron chi connectivity index (χ0n) is 49.1. The van der Waals surface area contributed by atoms with Crippen molar-refractivity contribution in [2.45, 2.75) is 329 Å². The predicted molar refractivity (Wildman–Crippen MR) is 321 cm³/mol. The van der Waals surface area contributed by atoms with Gasteiger partial charge in [0.15, 0.2) is 6.10 Å². The highest BCUT2D eigenvalue weighted by Gasteiger charge is 2.19. The van der Waals surface area contributed by atoms with Gasteiger partial charge in [0.25, 0.3) is 0 Å². The Labute approximate surface area is 459 Å². The highest BCUT2D eigenvalue weighted by atomic mass is 16.6. The molecule has 6 heteroatoms. The summed E-state index contributed by atoms with van der Waals surface area (Å²) < 4.78 is 16.9. The number of carbonyl (C=O) groups excluding carboxylic acids is 3. The van der Waals surface area contributed by atoms with Crippen LogP contribution in [0.3, 0.4) is 0 Å². The lowest BCUT2D eigenvalue weighted by Gasteiger charge is -2.18. The number of unbranched alkanes of at least 4 members (excludes halogenated alkanes) is 39. The lowest BCUT2D eigenvalue weighted by molar-refractivity contribution is -0.167. The standard InChI is InChI=1S/C68H120O6/c1-4-7-10-13-16-19-22-25-28-31-34-37-40-43-46-49-52-55-58-61-67(70)73-64-65(63-72-66(69)60-57-54-51-48-45-42-39-36-33-30-27-24-21-18-15-12-9-6-3)74-68(71)62-59-56-53-50-47-44-41-38-35-32-29-26-23-20-17-14-11-8-5-2/h12,15,18,21,24,27,30-31,33-34,36,39,65H,4-11,13-14,16-17,19-20,22-23,25-26,28-29,32,35,37-38,40-64H2,1-3H3/b15-12-,21-18-,27-24-,33-30-,34-31-,39-36-. The Morgan fingerprint density at radius 3 is 0.851 bits per heavy atom. The first-order chi connectivity index (χ1) is 36.5. The van der Waals surface area contributed by atoms with Crippen LogP contribution in [0, 0.1) is 0 Å². The fourth-order valence-corrected chi connectivity index (χ4v) is 9.24. The van der Waals surface area contributed by atoms with E-state index in [1.807, 2.05) is 24.3 Å². The molecule has 1 atom stereocenters. The van der Waals surface area contributed by atoms with Crippen molar-refractivity contribution >= 4 is 17.9 Å². The van der Waals surface area contributed by atoms with Crippen LogP contribution in [-0.2, 0) is 28.6 Å². The summed E-state index contributed by atoms with van der Waals surface area (Å²) >= 11 is 0. The fourth-order valence-electron chi connectivity index (χ4n) is 9.24. The van der Waals surface area contributed by atoms with Gasteiger partial charge in [0, 0.05) is 19.3 Å². The van der Waals surface area contributed by atoms with Crippen LogP contribution in [0.4, 0.5) is 0 Å². The van der Waals surface area contributed by atoms with E-state index in [2.05, 4.69) is 69.4 Å². The van der Waals surface area contributed by atoms with Crippen LogP contribution in [0.5, 0.6) is 0 Å². The van der Waals surface area contributed by atoms with Crippen LogP contribution < -0.4 is 0 Å². The molecule has 0 saturated heterocycles. The second-order valence-corrected chi connectivity index (χ2v) is 21.4. The number of hydrogen-bond acceptors (Lipinski definition) is 6. The van der Waals surface area contributed by atoms with Gasteiger partial charge in [-0.15, -0.1) is 0 Å². The van der Waals surface area contributed by atoms with Crippen molar-refractivity contribution in [3.05, 3.63) is 72.9 Å². The topological polar surface area (TPSA) is 78.9 Å². The largest absolute Gasteiger partial charge is 0.462 e. The Hall–Kier alpha value is -3.15. The van der Waals surface area contributed by atoms with Gasteiger partial charge < -0.3 is 14.2 Å². The van der Waals surface area contributed by atoms with Gasteiger partial charge in [-0.1, -0.05) is 312 Å². The summed E-state index contributed by atoms with van der Waals surface area (Å²) in [5.74, 6) is -0.895. The maximum atomic E-state index is 12.9. The first-order valence-electron chi connectivity index (χ1n) is 32.0. The molecule has 0 aromatic rings. The summed E-state index contributed by atoms with van der Waals surface area (Å²) in [6.07, 6.45) is 80.4. The SMILES string of the molecule is CCC\C=C/C=C\C=C/C=C\C=C/CCCCCCCC(=O)OCC(COC(=O)CCCCCCCCC/C=C\CCCCCCCCCC)OC(=O)CCCCCCCCCCCCCCCCCCCCC. The molecule has 0 aliphatic heterocycles.